The van der Waals surface area contributed by atoms with Gasteiger partial charge in [-0.25, -0.2) is 8.42 Å². The van der Waals surface area contributed by atoms with E-state index in [1.807, 2.05) is 0 Å². The zero-order valence-electron chi connectivity index (χ0n) is 15.2. The maximum Gasteiger partial charge on any atom is 0.248 e. The zero-order valence-corrected chi connectivity index (χ0v) is 16.0. The van der Waals surface area contributed by atoms with E-state index in [9.17, 15) is 13.2 Å². The summed E-state index contributed by atoms with van der Waals surface area (Å²) in [6.45, 7) is 0.223. The molecule has 1 fully saturated rings. The summed E-state index contributed by atoms with van der Waals surface area (Å²) in [5.74, 6) is 0.315. The lowest BCUT2D eigenvalue weighted by atomic mass is 10.1. The molecule has 1 aliphatic rings. The fourth-order valence-electron chi connectivity index (χ4n) is 2.84. The van der Waals surface area contributed by atoms with E-state index < -0.39 is 15.9 Å². The molecule has 0 aromatic heterocycles. The number of nitrogens with zero attached hydrogens (tertiary/aromatic N) is 1. The fraction of sp³-hybridized carbons (Fsp3) is 0.316. The second-order valence-corrected chi connectivity index (χ2v) is 8.25. The van der Waals surface area contributed by atoms with Gasteiger partial charge in [-0.3, -0.25) is 4.79 Å². The predicted molar refractivity (Wildman–Crippen MR) is 100 cm³/mol. The average Bonchev–Trinajstić information content (AvgIpc) is 3.50. The van der Waals surface area contributed by atoms with Crippen LogP contribution >= 0.6 is 0 Å². The molecule has 2 N–H and O–H groups in total. The number of benzene rings is 2. The van der Waals surface area contributed by atoms with Crippen molar-refractivity contribution in [1.29, 1.82) is 0 Å². The quantitative estimate of drug-likeness (QED) is 0.745. The zero-order chi connectivity index (χ0) is 19.6. The van der Waals surface area contributed by atoms with Gasteiger partial charge >= 0.3 is 0 Å². The predicted octanol–water partition coefficient (Wildman–Crippen LogP) is 2.16. The molecule has 144 valence electrons. The first kappa shape index (κ1) is 19.2. The van der Waals surface area contributed by atoms with Crippen molar-refractivity contribution in [2.24, 2.45) is 5.73 Å². The second-order valence-electron chi connectivity index (χ2n) is 6.36. The molecule has 0 bridgehead atoms. The first-order valence-corrected chi connectivity index (χ1v) is 9.93. The largest absolute Gasteiger partial charge is 0.493 e. The highest BCUT2D eigenvalue weighted by atomic mass is 32.2. The molecule has 0 atom stereocenters. The molecule has 7 nitrogen and oxygen atoms in total. The number of carbonyl (C=O) groups is 1. The minimum Gasteiger partial charge on any atom is -0.493 e. The van der Waals surface area contributed by atoms with Gasteiger partial charge in [0, 0.05) is 24.2 Å². The molecule has 2 aromatic rings. The van der Waals surface area contributed by atoms with Crippen molar-refractivity contribution >= 4 is 15.9 Å². The molecular weight excluding hydrogens is 368 g/mol. The fourth-order valence-corrected chi connectivity index (χ4v) is 4.53. The number of ether oxygens (including phenoxy) is 2. The van der Waals surface area contributed by atoms with Crippen LogP contribution in [0.3, 0.4) is 0 Å². The van der Waals surface area contributed by atoms with E-state index in [1.165, 1.54) is 30.7 Å². The molecule has 0 unspecified atom stereocenters. The highest BCUT2D eigenvalue weighted by molar-refractivity contribution is 7.89. The van der Waals surface area contributed by atoms with E-state index in [-0.39, 0.29) is 17.5 Å². The summed E-state index contributed by atoms with van der Waals surface area (Å²) in [4.78, 5) is 11.4. The molecule has 27 heavy (non-hydrogen) atoms. The lowest BCUT2D eigenvalue weighted by molar-refractivity contribution is 0.1000. The van der Waals surface area contributed by atoms with Crippen LogP contribution in [0.4, 0.5) is 0 Å². The molecule has 1 aliphatic carbocycles. The van der Waals surface area contributed by atoms with Gasteiger partial charge in [0.15, 0.2) is 11.5 Å². The normalized spacial score (nSPS) is 14.2. The molecule has 3 rings (SSSR count). The summed E-state index contributed by atoms with van der Waals surface area (Å²) in [5, 5.41) is 0. The molecule has 0 radical (unpaired) electrons. The van der Waals surface area contributed by atoms with E-state index >= 15 is 0 Å². The number of hydrogen-bond acceptors (Lipinski definition) is 5. The van der Waals surface area contributed by atoms with Crippen molar-refractivity contribution in [2.45, 2.75) is 30.3 Å². The first-order valence-electron chi connectivity index (χ1n) is 8.49. The summed E-state index contributed by atoms with van der Waals surface area (Å²) in [6, 6.07) is 11.2. The Kier molecular flexibility index (Phi) is 5.38. The lowest BCUT2D eigenvalue weighted by Crippen LogP contribution is -2.32. The van der Waals surface area contributed by atoms with Crippen LogP contribution in [0.25, 0.3) is 0 Å². The van der Waals surface area contributed by atoms with Gasteiger partial charge in [0.1, 0.15) is 0 Å². The first-order chi connectivity index (χ1) is 12.9. The van der Waals surface area contributed by atoms with E-state index in [0.29, 0.717) is 17.1 Å². The number of rotatable bonds is 8. The summed E-state index contributed by atoms with van der Waals surface area (Å²) in [6.07, 6.45) is 1.65. The Balaban J connectivity index is 1.91. The highest BCUT2D eigenvalue weighted by Gasteiger charge is 2.38. The Labute approximate surface area is 158 Å². The number of methoxy groups -OCH3 is 2. The van der Waals surface area contributed by atoms with Crippen LogP contribution in [0.1, 0.15) is 28.8 Å². The standard InChI is InChI=1S/C19H22N2O5S/c1-25-17-10-9-16(11-18(17)26-2)27(23,24)21(15-7-8-15)12-13-3-5-14(6-4-13)19(20)22/h3-6,9-11,15H,7-8,12H2,1-2H3,(H2,20,22). The van der Waals surface area contributed by atoms with Crippen molar-refractivity contribution in [3.8, 4) is 11.5 Å². The molecule has 0 heterocycles. The number of primary amides is 1. The van der Waals surface area contributed by atoms with Crippen LogP contribution in [-0.4, -0.2) is 38.9 Å². The Morgan fingerprint density at radius 3 is 2.22 bits per heavy atom. The van der Waals surface area contributed by atoms with Crippen molar-refractivity contribution in [3.63, 3.8) is 0 Å². The Hall–Kier alpha value is -2.58. The Morgan fingerprint density at radius 2 is 1.70 bits per heavy atom. The molecule has 0 spiro atoms. The average molecular weight is 390 g/mol. The molecule has 0 saturated heterocycles. The van der Waals surface area contributed by atoms with Gasteiger partial charge in [0.2, 0.25) is 15.9 Å². The number of amides is 1. The summed E-state index contributed by atoms with van der Waals surface area (Å²) >= 11 is 0. The van der Waals surface area contributed by atoms with Crippen molar-refractivity contribution in [3.05, 3.63) is 53.6 Å². The van der Waals surface area contributed by atoms with Crippen LogP contribution in [0.15, 0.2) is 47.4 Å². The monoisotopic (exact) mass is 390 g/mol. The highest BCUT2D eigenvalue weighted by Crippen LogP contribution is 2.36. The minimum atomic E-state index is -3.71. The Morgan fingerprint density at radius 1 is 1.07 bits per heavy atom. The van der Waals surface area contributed by atoms with Crippen LogP contribution < -0.4 is 15.2 Å². The summed E-state index contributed by atoms with van der Waals surface area (Å²) in [5.41, 5.74) is 6.43. The second kappa shape index (κ2) is 7.58. The van der Waals surface area contributed by atoms with Gasteiger partial charge in [-0.15, -0.1) is 0 Å². The van der Waals surface area contributed by atoms with Crippen LogP contribution in [-0.2, 0) is 16.6 Å². The SMILES string of the molecule is COc1ccc(S(=O)(=O)N(Cc2ccc(C(N)=O)cc2)C2CC2)cc1OC. The van der Waals surface area contributed by atoms with Crippen molar-refractivity contribution in [2.75, 3.05) is 14.2 Å². The topological polar surface area (TPSA) is 98.9 Å². The van der Waals surface area contributed by atoms with Gasteiger partial charge in [0.25, 0.3) is 0 Å². The van der Waals surface area contributed by atoms with Gasteiger partial charge in [-0.05, 0) is 42.7 Å². The van der Waals surface area contributed by atoms with Crippen LogP contribution in [0.5, 0.6) is 11.5 Å². The minimum absolute atomic E-state index is 0.0288. The van der Waals surface area contributed by atoms with Gasteiger partial charge in [-0.2, -0.15) is 4.31 Å². The van der Waals surface area contributed by atoms with Crippen LogP contribution in [0, 0.1) is 0 Å². The lowest BCUT2D eigenvalue weighted by Gasteiger charge is -2.22. The third kappa shape index (κ3) is 4.06. The molecular formula is C19H22N2O5S. The third-order valence-corrected chi connectivity index (χ3v) is 6.39. The van der Waals surface area contributed by atoms with E-state index in [2.05, 4.69) is 0 Å². The third-order valence-electron chi connectivity index (χ3n) is 4.49. The van der Waals surface area contributed by atoms with E-state index in [1.54, 1.807) is 30.3 Å². The van der Waals surface area contributed by atoms with E-state index in [4.69, 9.17) is 15.2 Å². The molecule has 2 aromatic carbocycles. The maximum absolute atomic E-state index is 13.2. The summed E-state index contributed by atoms with van der Waals surface area (Å²) < 4.78 is 38.3. The van der Waals surface area contributed by atoms with Crippen LogP contribution in [0.2, 0.25) is 0 Å². The van der Waals surface area contributed by atoms with Crippen molar-refractivity contribution < 1.29 is 22.7 Å². The molecule has 0 aliphatic heterocycles. The van der Waals surface area contributed by atoms with Gasteiger partial charge in [0.05, 0.1) is 19.1 Å². The number of hydrogen-bond donors (Lipinski definition) is 1. The van der Waals surface area contributed by atoms with Crippen molar-refractivity contribution in [1.82, 2.24) is 4.31 Å². The smallest absolute Gasteiger partial charge is 0.248 e. The number of carbonyl (C=O) groups excluding carboxylic acids is 1. The molecule has 8 heteroatoms. The Bertz CT molecular complexity index is 937. The van der Waals surface area contributed by atoms with Gasteiger partial charge < -0.3 is 15.2 Å². The van der Waals surface area contributed by atoms with Gasteiger partial charge in [-0.1, -0.05) is 12.1 Å². The number of sulfonamides is 1. The molecule has 1 saturated carbocycles. The summed E-state index contributed by atoms with van der Waals surface area (Å²) in [7, 11) is -0.750. The molecule has 1 amide bonds. The number of nitrogens with two attached hydrogens (primary N) is 1. The maximum atomic E-state index is 13.2. The van der Waals surface area contributed by atoms with E-state index in [0.717, 1.165) is 18.4 Å².